The standard InChI is InChI=1S/C14H27N3S/c1-16(2)14(9-6-10-14)11-17(3)13(18)15-12-7-4-5-8-12/h12H,4-11H2,1-3H3,(H,15,18). The van der Waals surface area contributed by atoms with Crippen molar-refractivity contribution in [3.05, 3.63) is 0 Å². The second-order valence-corrected chi connectivity index (χ2v) is 6.65. The molecule has 0 unspecified atom stereocenters. The number of likely N-dealkylation sites (N-methyl/N-ethyl adjacent to an activating group) is 2. The molecular formula is C14H27N3S. The van der Waals surface area contributed by atoms with Gasteiger partial charge in [-0.1, -0.05) is 12.8 Å². The maximum absolute atomic E-state index is 5.54. The number of nitrogens with zero attached hydrogens (tertiary/aromatic N) is 2. The summed E-state index contributed by atoms with van der Waals surface area (Å²) >= 11 is 5.54. The number of hydrogen-bond donors (Lipinski definition) is 1. The third kappa shape index (κ3) is 2.97. The fourth-order valence-electron chi connectivity index (χ4n) is 3.20. The summed E-state index contributed by atoms with van der Waals surface area (Å²) in [6.45, 7) is 1.05. The maximum Gasteiger partial charge on any atom is 0.168 e. The monoisotopic (exact) mass is 269 g/mol. The fraction of sp³-hybridized carbons (Fsp3) is 0.929. The van der Waals surface area contributed by atoms with Crippen LogP contribution in [0.3, 0.4) is 0 Å². The molecule has 2 fully saturated rings. The first-order chi connectivity index (χ1) is 8.53. The van der Waals surface area contributed by atoms with Crippen LogP contribution >= 0.6 is 12.2 Å². The molecule has 104 valence electrons. The Morgan fingerprint density at radius 2 is 1.78 bits per heavy atom. The van der Waals surface area contributed by atoms with Crippen LogP contribution in [0.15, 0.2) is 0 Å². The van der Waals surface area contributed by atoms with Crippen LogP contribution in [-0.4, -0.2) is 54.2 Å². The molecule has 0 amide bonds. The average Bonchev–Trinajstić information content (AvgIpc) is 2.75. The average molecular weight is 269 g/mol. The Bertz CT molecular complexity index is 293. The molecule has 0 aliphatic heterocycles. The lowest BCUT2D eigenvalue weighted by molar-refractivity contribution is 0.0428. The smallest absolute Gasteiger partial charge is 0.168 e. The van der Waals surface area contributed by atoms with E-state index in [0.29, 0.717) is 11.6 Å². The van der Waals surface area contributed by atoms with Crippen molar-refractivity contribution >= 4 is 17.3 Å². The molecule has 0 radical (unpaired) electrons. The first-order valence-corrected chi connectivity index (χ1v) is 7.63. The van der Waals surface area contributed by atoms with Gasteiger partial charge in [0.2, 0.25) is 0 Å². The van der Waals surface area contributed by atoms with Gasteiger partial charge in [-0.2, -0.15) is 0 Å². The van der Waals surface area contributed by atoms with Gasteiger partial charge >= 0.3 is 0 Å². The van der Waals surface area contributed by atoms with E-state index >= 15 is 0 Å². The zero-order chi connectivity index (χ0) is 13.2. The minimum absolute atomic E-state index is 0.357. The Balaban J connectivity index is 1.82. The van der Waals surface area contributed by atoms with E-state index in [4.69, 9.17) is 12.2 Å². The van der Waals surface area contributed by atoms with Crippen molar-refractivity contribution in [1.82, 2.24) is 15.1 Å². The quantitative estimate of drug-likeness (QED) is 0.789. The van der Waals surface area contributed by atoms with Gasteiger partial charge in [-0.05, 0) is 58.4 Å². The minimum Gasteiger partial charge on any atom is -0.360 e. The van der Waals surface area contributed by atoms with Crippen molar-refractivity contribution in [1.29, 1.82) is 0 Å². The Labute approximate surface area is 117 Å². The van der Waals surface area contributed by atoms with E-state index in [1.807, 2.05) is 0 Å². The number of thiocarbonyl (C=S) groups is 1. The largest absolute Gasteiger partial charge is 0.360 e. The molecule has 2 aliphatic rings. The predicted molar refractivity (Wildman–Crippen MR) is 80.9 cm³/mol. The molecule has 4 heteroatoms. The van der Waals surface area contributed by atoms with Crippen molar-refractivity contribution in [3.8, 4) is 0 Å². The number of rotatable bonds is 4. The molecule has 1 N–H and O–H groups in total. The minimum atomic E-state index is 0.357. The molecule has 0 saturated heterocycles. The van der Waals surface area contributed by atoms with E-state index in [2.05, 4.69) is 36.3 Å². The third-order valence-electron chi connectivity index (χ3n) is 4.79. The molecule has 0 aromatic heterocycles. The molecule has 0 spiro atoms. The Kier molecular flexibility index (Phi) is 4.49. The van der Waals surface area contributed by atoms with Crippen molar-refractivity contribution in [2.75, 3.05) is 27.7 Å². The highest BCUT2D eigenvalue weighted by Gasteiger charge is 2.40. The highest BCUT2D eigenvalue weighted by Crippen LogP contribution is 2.36. The van der Waals surface area contributed by atoms with Crippen molar-refractivity contribution in [2.24, 2.45) is 0 Å². The van der Waals surface area contributed by atoms with Crippen LogP contribution < -0.4 is 5.32 Å². The molecule has 0 aromatic rings. The maximum atomic E-state index is 5.54. The number of nitrogens with one attached hydrogen (secondary N) is 1. The van der Waals surface area contributed by atoms with Gasteiger partial charge < -0.3 is 15.1 Å². The molecular weight excluding hydrogens is 242 g/mol. The summed E-state index contributed by atoms with van der Waals surface area (Å²) in [6.07, 6.45) is 9.23. The van der Waals surface area contributed by atoms with Crippen LogP contribution in [0.1, 0.15) is 44.9 Å². The van der Waals surface area contributed by atoms with Crippen LogP contribution in [-0.2, 0) is 0 Å². The SMILES string of the molecule is CN(CC1(N(C)C)CCC1)C(=S)NC1CCCC1. The van der Waals surface area contributed by atoms with Crippen LogP contribution in [0.2, 0.25) is 0 Å². The Morgan fingerprint density at radius 1 is 1.17 bits per heavy atom. The summed E-state index contributed by atoms with van der Waals surface area (Å²) in [4.78, 5) is 4.62. The second-order valence-electron chi connectivity index (χ2n) is 6.26. The zero-order valence-corrected chi connectivity index (χ0v) is 12.9. The summed E-state index contributed by atoms with van der Waals surface area (Å²) in [6, 6.07) is 0.622. The van der Waals surface area contributed by atoms with E-state index in [1.165, 1.54) is 44.9 Å². The van der Waals surface area contributed by atoms with Crippen LogP contribution in [0, 0.1) is 0 Å². The molecule has 0 aromatic carbocycles. The first-order valence-electron chi connectivity index (χ1n) is 7.23. The molecule has 18 heavy (non-hydrogen) atoms. The molecule has 2 rings (SSSR count). The predicted octanol–water partition coefficient (Wildman–Crippen LogP) is 2.22. The van der Waals surface area contributed by atoms with Gasteiger partial charge in [0.25, 0.3) is 0 Å². The summed E-state index contributed by atoms with van der Waals surface area (Å²) in [5.74, 6) is 0. The van der Waals surface area contributed by atoms with Gasteiger partial charge in [0, 0.05) is 25.2 Å². The Morgan fingerprint density at radius 3 is 2.22 bits per heavy atom. The third-order valence-corrected chi connectivity index (χ3v) is 5.22. The highest BCUT2D eigenvalue weighted by molar-refractivity contribution is 7.80. The summed E-state index contributed by atoms with van der Waals surface area (Å²) in [5, 5.41) is 4.47. The Hall–Kier alpha value is -0.350. The van der Waals surface area contributed by atoms with Crippen molar-refractivity contribution in [3.63, 3.8) is 0 Å². The molecule has 0 atom stereocenters. The van der Waals surface area contributed by atoms with E-state index in [-0.39, 0.29) is 0 Å². The topological polar surface area (TPSA) is 18.5 Å². The fourth-order valence-corrected chi connectivity index (χ4v) is 3.43. The van der Waals surface area contributed by atoms with Crippen LogP contribution in [0.4, 0.5) is 0 Å². The van der Waals surface area contributed by atoms with Crippen LogP contribution in [0.25, 0.3) is 0 Å². The van der Waals surface area contributed by atoms with Gasteiger partial charge in [-0.15, -0.1) is 0 Å². The second kappa shape index (κ2) is 5.74. The summed E-state index contributed by atoms with van der Waals surface area (Å²) in [5.41, 5.74) is 0.357. The summed E-state index contributed by atoms with van der Waals surface area (Å²) in [7, 11) is 6.52. The first kappa shape index (κ1) is 14.1. The van der Waals surface area contributed by atoms with Gasteiger partial charge in [0.1, 0.15) is 0 Å². The van der Waals surface area contributed by atoms with Gasteiger partial charge in [-0.3, -0.25) is 0 Å². The molecule has 2 aliphatic carbocycles. The van der Waals surface area contributed by atoms with Crippen molar-refractivity contribution in [2.45, 2.75) is 56.5 Å². The van der Waals surface area contributed by atoms with E-state index in [9.17, 15) is 0 Å². The zero-order valence-electron chi connectivity index (χ0n) is 12.0. The molecule has 0 heterocycles. The molecule has 0 bridgehead atoms. The normalized spacial score (nSPS) is 22.9. The van der Waals surface area contributed by atoms with Gasteiger partial charge in [0.15, 0.2) is 5.11 Å². The molecule has 3 nitrogen and oxygen atoms in total. The lowest BCUT2D eigenvalue weighted by atomic mass is 9.75. The summed E-state index contributed by atoms with van der Waals surface area (Å²) < 4.78 is 0. The number of hydrogen-bond acceptors (Lipinski definition) is 2. The van der Waals surface area contributed by atoms with Gasteiger partial charge in [0.05, 0.1) is 0 Å². The van der Waals surface area contributed by atoms with E-state index in [1.54, 1.807) is 0 Å². The van der Waals surface area contributed by atoms with E-state index < -0.39 is 0 Å². The van der Waals surface area contributed by atoms with E-state index in [0.717, 1.165) is 11.7 Å². The van der Waals surface area contributed by atoms with Crippen LogP contribution in [0.5, 0.6) is 0 Å². The van der Waals surface area contributed by atoms with Crippen molar-refractivity contribution < 1.29 is 0 Å². The highest BCUT2D eigenvalue weighted by atomic mass is 32.1. The van der Waals surface area contributed by atoms with Gasteiger partial charge in [-0.25, -0.2) is 0 Å². The lowest BCUT2D eigenvalue weighted by Crippen LogP contribution is -2.58. The molecule has 2 saturated carbocycles. The lowest BCUT2D eigenvalue weighted by Gasteiger charge is -2.49.